The van der Waals surface area contributed by atoms with E-state index in [-0.39, 0.29) is 0 Å². The van der Waals surface area contributed by atoms with Gasteiger partial charge in [-0.2, -0.15) is 0 Å². The van der Waals surface area contributed by atoms with Crippen molar-refractivity contribution in [1.29, 1.82) is 0 Å². The van der Waals surface area contributed by atoms with Gasteiger partial charge in [0.05, 0.1) is 7.11 Å². The molecule has 1 fully saturated rings. The number of para-hydroxylation sites is 1. The first-order valence-electron chi connectivity index (χ1n) is 8.14. The summed E-state index contributed by atoms with van der Waals surface area (Å²) < 4.78 is 5.54. The summed E-state index contributed by atoms with van der Waals surface area (Å²) in [5.74, 6) is 0.986. The molecule has 1 N–H and O–H groups in total. The third-order valence-electron chi connectivity index (χ3n) is 4.39. The molecular formula is C18H30N2O. The normalized spacial score (nSPS) is 20.2. The number of nitrogens with one attached hydrogen (secondary N) is 1. The molecule has 1 saturated heterocycles. The fourth-order valence-electron chi connectivity index (χ4n) is 3.43. The summed E-state index contributed by atoms with van der Waals surface area (Å²) in [5.41, 5.74) is 1.71. The molecule has 1 aromatic rings. The predicted octanol–water partition coefficient (Wildman–Crippen LogP) is 3.47. The Kier molecular flexibility index (Phi) is 5.65. The van der Waals surface area contributed by atoms with Crippen LogP contribution in [-0.2, 0) is 0 Å². The lowest BCUT2D eigenvalue weighted by atomic mass is 9.84. The van der Waals surface area contributed by atoms with Crippen molar-refractivity contribution in [1.82, 2.24) is 10.2 Å². The van der Waals surface area contributed by atoms with Gasteiger partial charge in [-0.1, -0.05) is 39.0 Å². The summed E-state index contributed by atoms with van der Waals surface area (Å²) in [6.45, 7) is 11.3. The fourth-order valence-corrected chi connectivity index (χ4v) is 3.43. The van der Waals surface area contributed by atoms with Gasteiger partial charge in [0.2, 0.25) is 0 Å². The van der Waals surface area contributed by atoms with Crippen LogP contribution in [0.15, 0.2) is 24.3 Å². The van der Waals surface area contributed by atoms with Crippen LogP contribution < -0.4 is 10.1 Å². The van der Waals surface area contributed by atoms with Gasteiger partial charge < -0.3 is 15.0 Å². The second kappa shape index (κ2) is 7.28. The summed E-state index contributed by atoms with van der Waals surface area (Å²) in [4.78, 5) is 2.60. The Balaban J connectivity index is 2.12. The lowest BCUT2D eigenvalue weighted by Crippen LogP contribution is -2.44. The van der Waals surface area contributed by atoms with Crippen LogP contribution in [0.5, 0.6) is 5.75 Å². The number of methoxy groups -OCH3 is 1. The Hall–Kier alpha value is -1.06. The summed E-state index contributed by atoms with van der Waals surface area (Å²) >= 11 is 0. The number of piperidine rings is 1. The van der Waals surface area contributed by atoms with Gasteiger partial charge in [-0.3, -0.25) is 0 Å². The quantitative estimate of drug-likeness (QED) is 0.868. The second-order valence-electron chi connectivity index (χ2n) is 6.86. The molecule has 118 valence electrons. The Bertz CT molecular complexity index is 445. The van der Waals surface area contributed by atoms with Crippen LogP contribution in [0, 0.1) is 5.41 Å². The molecule has 1 aliphatic heterocycles. The molecule has 3 nitrogen and oxygen atoms in total. The Morgan fingerprint density at radius 3 is 2.76 bits per heavy atom. The average molecular weight is 290 g/mol. The number of hydrogen-bond donors (Lipinski definition) is 1. The van der Waals surface area contributed by atoms with Crippen molar-refractivity contribution in [3.8, 4) is 5.75 Å². The largest absolute Gasteiger partial charge is 0.496 e. The van der Waals surface area contributed by atoms with E-state index < -0.39 is 0 Å². The maximum Gasteiger partial charge on any atom is 0.123 e. The van der Waals surface area contributed by atoms with Crippen LogP contribution in [0.2, 0.25) is 0 Å². The van der Waals surface area contributed by atoms with Crippen LogP contribution in [0.1, 0.15) is 45.2 Å². The van der Waals surface area contributed by atoms with Crippen LogP contribution in [0.25, 0.3) is 0 Å². The highest BCUT2D eigenvalue weighted by Crippen LogP contribution is 2.31. The van der Waals surface area contributed by atoms with E-state index in [4.69, 9.17) is 4.74 Å². The van der Waals surface area contributed by atoms with Gasteiger partial charge in [-0.15, -0.1) is 0 Å². The molecule has 1 aliphatic rings. The summed E-state index contributed by atoms with van der Waals surface area (Å²) in [7, 11) is 1.76. The molecule has 21 heavy (non-hydrogen) atoms. The van der Waals surface area contributed by atoms with Crippen molar-refractivity contribution in [2.45, 2.75) is 39.7 Å². The molecule has 3 heteroatoms. The third kappa shape index (κ3) is 4.45. The maximum absolute atomic E-state index is 5.54. The Morgan fingerprint density at radius 1 is 1.33 bits per heavy atom. The molecular weight excluding hydrogens is 260 g/mol. The zero-order valence-electron chi connectivity index (χ0n) is 14.0. The SMILES string of the molecule is CCNC(CN1CCCC(C)(C)C1)c1ccccc1OC. The van der Waals surface area contributed by atoms with E-state index in [9.17, 15) is 0 Å². The monoisotopic (exact) mass is 290 g/mol. The number of rotatable bonds is 6. The van der Waals surface area contributed by atoms with E-state index in [0.717, 1.165) is 18.8 Å². The molecule has 1 atom stereocenters. The van der Waals surface area contributed by atoms with Crippen molar-refractivity contribution < 1.29 is 4.74 Å². The zero-order chi connectivity index (χ0) is 15.3. The van der Waals surface area contributed by atoms with Gasteiger partial charge >= 0.3 is 0 Å². The highest BCUT2D eigenvalue weighted by atomic mass is 16.5. The maximum atomic E-state index is 5.54. The Morgan fingerprint density at radius 2 is 2.10 bits per heavy atom. The van der Waals surface area contributed by atoms with Gasteiger partial charge in [-0.25, -0.2) is 0 Å². The molecule has 0 amide bonds. The molecule has 1 unspecified atom stereocenters. The first kappa shape index (κ1) is 16.3. The lowest BCUT2D eigenvalue weighted by Gasteiger charge is -2.40. The smallest absolute Gasteiger partial charge is 0.123 e. The summed E-state index contributed by atoms with van der Waals surface area (Å²) in [5, 5.41) is 3.63. The van der Waals surface area contributed by atoms with Gasteiger partial charge in [0.25, 0.3) is 0 Å². The van der Waals surface area contributed by atoms with E-state index in [1.807, 2.05) is 6.07 Å². The molecule has 0 bridgehead atoms. The first-order valence-corrected chi connectivity index (χ1v) is 8.14. The number of likely N-dealkylation sites (N-methyl/N-ethyl adjacent to an activating group) is 1. The number of likely N-dealkylation sites (tertiary alicyclic amines) is 1. The standard InChI is InChI=1S/C18H30N2O/c1-5-19-16(15-9-6-7-10-17(15)21-4)13-20-12-8-11-18(2,3)14-20/h6-7,9-10,16,19H,5,8,11-14H2,1-4H3. The molecule has 0 aromatic heterocycles. The second-order valence-corrected chi connectivity index (χ2v) is 6.86. The zero-order valence-corrected chi connectivity index (χ0v) is 14.0. The molecule has 0 aliphatic carbocycles. The Labute approximate surface area is 129 Å². The van der Waals surface area contributed by atoms with Crippen molar-refractivity contribution in [3.05, 3.63) is 29.8 Å². The molecule has 1 heterocycles. The number of nitrogens with zero attached hydrogens (tertiary/aromatic N) is 1. The van der Waals surface area contributed by atoms with Crippen molar-refractivity contribution in [3.63, 3.8) is 0 Å². The lowest BCUT2D eigenvalue weighted by molar-refractivity contribution is 0.107. The van der Waals surface area contributed by atoms with Gasteiger partial charge in [0, 0.05) is 24.7 Å². The van der Waals surface area contributed by atoms with E-state index in [0.29, 0.717) is 11.5 Å². The van der Waals surface area contributed by atoms with Gasteiger partial charge in [0.1, 0.15) is 5.75 Å². The van der Waals surface area contributed by atoms with Crippen molar-refractivity contribution >= 4 is 0 Å². The summed E-state index contributed by atoms with van der Waals surface area (Å²) in [6.07, 6.45) is 2.64. The minimum atomic E-state index is 0.333. The number of benzene rings is 1. The number of hydrogen-bond acceptors (Lipinski definition) is 3. The van der Waals surface area contributed by atoms with Crippen LogP contribution >= 0.6 is 0 Å². The molecule has 2 rings (SSSR count). The van der Waals surface area contributed by atoms with Crippen molar-refractivity contribution in [2.24, 2.45) is 5.41 Å². The molecule has 0 saturated carbocycles. The van der Waals surface area contributed by atoms with E-state index >= 15 is 0 Å². The van der Waals surface area contributed by atoms with Gasteiger partial charge in [0.15, 0.2) is 0 Å². The molecule has 1 aromatic carbocycles. The van der Waals surface area contributed by atoms with E-state index in [1.54, 1.807) is 7.11 Å². The van der Waals surface area contributed by atoms with Crippen molar-refractivity contribution in [2.75, 3.05) is 33.3 Å². The molecule has 0 spiro atoms. The first-order chi connectivity index (χ1) is 10.1. The number of ether oxygens (including phenoxy) is 1. The van der Waals surface area contributed by atoms with Crippen LogP contribution in [-0.4, -0.2) is 38.2 Å². The third-order valence-corrected chi connectivity index (χ3v) is 4.39. The minimum Gasteiger partial charge on any atom is -0.496 e. The van der Waals surface area contributed by atoms with E-state index in [2.05, 4.69) is 49.2 Å². The average Bonchev–Trinajstić information content (AvgIpc) is 2.46. The fraction of sp³-hybridized carbons (Fsp3) is 0.667. The van der Waals surface area contributed by atoms with Gasteiger partial charge in [-0.05, 0) is 37.4 Å². The summed E-state index contributed by atoms with van der Waals surface area (Å²) in [6, 6.07) is 8.71. The van der Waals surface area contributed by atoms with E-state index in [1.165, 1.54) is 31.5 Å². The highest BCUT2D eigenvalue weighted by molar-refractivity contribution is 5.36. The minimum absolute atomic E-state index is 0.333. The van der Waals surface area contributed by atoms with Crippen LogP contribution in [0.3, 0.4) is 0 Å². The van der Waals surface area contributed by atoms with Crippen LogP contribution in [0.4, 0.5) is 0 Å². The molecule has 0 radical (unpaired) electrons. The topological polar surface area (TPSA) is 24.5 Å². The highest BCUT2D eigenvalue weighted by Gasteiger charge is 2.28. The predicted molar refractivity (Wildman–Crippen MR) is 88.9 cm³/mol.